The number of benzene rings is 3. The predicted octanol–water partition coefficient (Wildman–Crippen LogP) is 4.65. The Morgan fingerprint density at radius 1 is 0.931 bits per heavy atom. The summed E-state index contributed by atoms with van der Waals surface area (Å²) in [5.74, 6) is -0.320. The number of rotatable bonds is 5. The molecule has 0 bridgehead atoms. The number of carbonyl (C=O) groups is 1. The van der Waals surface area contributed by atoms with Crippen LogP contribution in [0.3, 0.4) is 0 Å². The topological polar surface area (TPSA) is 78.8 Å². The molecule has 1 aliphatic carbocycles. The maximum absolute atomic E-state index is 12.1. The number of hydrogen-bond donors (Lipinski definition) is 3. The highest BCUT2D eigenvalue weighted by molar-refractivity contribution is 5.79. The summed E-state index contributed by atoms with van der Waals surface area (Å²) in [4.78, 5) is 12.1. The van der Waals surface area contributed by atoms with Crippen LogP contribution in [-0.4, -0.2) is 29.5 Å². The van der Waals surface area contributed by atoms with E-state index < -0.39 is 6.09 Å². The van der Waals surface area contributed by atoms with Gasteiger partial charge in [0.15, 0.2) is 11.5 Å². The molecule has 0 saturated carbocycles. The summed E-state index contributed by atoms with van der Waals surface area (Å²) < 4.78 is 5.47. The first-order chi connectivity index (χ1) is 14.1. The third-order valence-corrected chi connectivity index (χ3v) is 5.02. The molecule has 0 aromatic heterocycles. The zero-order valence-electron chi connectivity index (χ0n) is 15.7. The van der Waals surface area contributed by atoms with Crippen molar-refractivity contribution in [1.29, 1.82) is 0 Å². The third-order valence-electron chi connectivity index (χ3n) is 5.02. The lowest BCUT2D eigenvalue weighted by atomic mass is 9.98. The normalized spacial score (nSPS) is 12.6. The number of nitrogens with one attached hydrogen (secondary N) is 1. The zero-order valence-corrected chi connectivity index (χ0v) is 15.7. The van der Waals surface area contributed by atoms with Gasteiger partial charge in [-0.1, -0.05) is 66.7 Å². The number of fused-ring (bicyclic) bond motifs is 3. The molecule has 3 aromatic carbocycles. The Morgan fingerprint density at radius 2 is 1.59 bits per heavy atom. The second kappa shape index (κ2) is 8.10. The van der Waals surface area contributed by atoms with Crippen molar-refractivity contribution in [3.8, 4) is 22.6 Å². The van der Waals surface area contributed by atoms with Gasteiger partial charge in [-0.05, 0) is 39.9 Å². The first kappa shape index (κ1) is 18.6. The fraction of sp³-hybridized carbons (Fsp3) is 0.125. The smallest absolute Gasteiger partial charge is 0.407 e. The van der Waals surface area contributed by atoms with E-state index in [4.69, 9.17) is 4.74 Å². The van der Waals surface area contributed by atoms with Gasteiger partial charge in [-0.2, -0.15) is 0 Å². The van der Waals surface area contributed by atoms with Gasteiger partial charge in [0.25, 0.3) is 0 Å². The Hall–Kier alpha value is -3.73. The molecule has 5 nitrogen and oxygen atoms in total. The van der Waals surface area contributed by atoms with E-state index in [0.717, 1.165) is 5.56 Å². The molecule has 4 rings (SSSR count). The Labute approximate surface area is 168 Å². The van der Waals surface area contributed by atoms with E-state index in [0.29, 0.717) is 0 Å². The van der Waals surface area contributed by atoms with E-state index >= 15 is 0 Å². The average Bonchev–Trinajstić information content (AvgIpc) is 3.06. The maximum atomic E-state index is 12.1. The van der Waals surface area contributed by atoms with E-state index in [1.807, 2.05) is 24.3 Å². The summed E-state index contributed by atoms with van der Waals surface area (Å²) in [5, 5.41) is 21.5. The number of amides is 1. The molecule has 0 spiro atoms. The minimum absolute atomic E-state index is 0.0312. The second-order valence-electron chi connectivity index (χ2n) is 6.86. The van der Waals surface area contributed by atoms with Crippen LogP contribution in [0.25, 0.3) is 17.2 Å². The Bertz CT molecular complexity index is 1030. The van der Waals surface area contributed by atoms with Crippen molar-refractivity contribution in [2.75, 3.05) is 13.2 Å². The van der Waals surface area contributed by atoms with Crippen LogP contribution in [0.5, 0.6) is 11.5 Å². The second-order valence-corrected chi connectivity index (χ2v) is 6.86. The summed E-state index contributed by atoms with van der Waals surface area (Å²) >= 11 is 0. The number of ether oxygens (including phenoxy) is 1. The van der Waals surface area contributed by atoms with Crippen LogP contribution in [0, 0.1) is 0 Å². The fourth-order valence-electron chi connectivity index (χ4n) is 3.63. The predicted molar refractivity (Wildman–Crippen MR) is 112 cm³/mol. The lowest BCUT2D eigenvalue weighted by Gasteiger charge is -2.14. The average molecular weight is 387 g/mol. The highest BCUT2D eigenvalue weighted by atomic mass is 16.5. The van der Waals surface area contributed by atoms with Crippen molar-refractivity contribution in [2.24, 2.45) is 0 Å². The van der Waals surface area contributed by atoms with Crippen molar-refractivity contribution in [2.45, 2.75) is 5.92 Å². The van der Waals surface area contributed by atoms with Gasteiger partial charge in [0.05, 0.1) is 0 Å². The van der Waals surface area contributed by atoms with E-state index in [1.165, 1.54) is 34.4 Å². The van der Waals surface area contributed by atoms with Gasteiger partial charge < -0.3 is 20.3 Å². The number of aromatic hydroxyl groups is 2. The Balaban J connectivity index is 1.33. The molecule has 0 heterocycles. The highest BCUT2D eigenvalue weighted by Crippen LogP contribution is 2.44. The number of phenolic OH excluding ortho intramolecular Hbond substituents is 2. The molecule has 0 atom stereocenters. The molecule has 5 heteroatoms. The van der Waals surface area contributed by atoms with Crippen molar-refractivity contribution in [3.05, 3.63) is 89.5 Å². The van der Waals surface area contributed by atoms with Gasteiger partial charge in [0.1, 0.15) is 6.61 Å². The van der Waals surface area contributed by atoms with Gasteiger partial charge in [-0.25, -0.2) is 4.79 Å². The van der Waals surface area contributed by atoms with Crippen molar-refractivity contribution >= 4 is 12.2 Å². The number of carbonyl (C=O) groups excluding carboxylic acids is 1. The van der Waals surface area contributed by atoms with Crippen LogP contribution in [0.4, 0.5) is 4.79 Å². The molecule has 29 heavy (non-hydrogen) atoms. The largest absolute Gasteiger partial charge is 0.504 e. The standard InChI is InChI=1S/C24H21NO4/c26-22-12-11-16(14-23(22)27)6-5-13-25-24(28)29-15-21-19-9-3-1-7-17(19)18-8-2-4-10-20(18)21/h1-12,14,21,26-27H,13,15H2,(H,25,28). The minimum Gasteiger partial charge on any atom is -0.504 e. The van der Waals surface area contributed by atoms with Crippen LogP contribution in [-0.2, 0) is 4.74 Å². The Morgan fingerprint density at radius 3 is 2.24 bits per heavy atom. The molecule has 146 valence electrons. The molecule has 0 fully saturated rings. The van der Waals surface area contributed by atoms with Gasteiger partial charge in [0.2, 0.25) is 0 Å². The van der Waals surface area contributed by atoms with Crippen molar-refractivity contribution in [1.82, 2.24) is 5.32 Å². The first-order valence-electron chi connectivity index (χ1n) is 9.41. The quantitative estimate of drug-likeness (QED) is 0.557. The van der Waals surface area contributed by atoms with Crippen LogP contribution >= 0.6 is 0 Å². The first-order valence-corrected chi connectivity index (χ1v) is 9.41. The summed E-state index contributed by atoms with van der Waals surface area (Å²) in [6.45, 7) is 0.563. The van der Waals surface area contributed by atoms with Gasteiger partial charge in [0, 0.05) is 12.5 Å². The molecule has 0 unspecified atom stereocenters. The summed E-state index contributed by atoms with van der Waals surface area (Å²) in [5.41, 5.74) is 5.45. The molecular formula is C24H21NO4. The van der Waals surface area contributed by atoms with E-state index in [1.54, 1.807) is 18.2 Å². The minimum atomic E-state index is -0.481. The number of phenols is 2. The molecule has 0 aliphatic heterocycles. The van der Waals surface area contributed by atoms with Crippen LogP contribution in [0.15, 0.2) is 72.8 Å². The van der Waals surface area contributed by atoms with E-state index in [9.17, 15) is 15.0 Å². The molecule has 3 aromatic rings. The molecule has 0 saturated heterocycles. The van der Waals surface area contributed by atoms with Gasteiger partial charge in [-0.15, -0.1) is 0 Å². The molecule has 3 N–H and O–H groups in total. The molecule has 0 radical (unpaired) electrons. The maximum Gasteiger partial charge on any atom is 0.407 e. The lowest BCUT2D eigenvalue weighted by Crippen LogP contribution is -2.26. The van der Waals surface area contributed by atoms with Crippen LogP contribution < -0.4 is 5.32 Å². The van der Waals surface area contributed by atoms with Crippen molar-refractivity contribution < 1.29 is 19.7 Å². The Kier molecular flexibility index (Phi) is 5.20. The monoisotopic (exact) mass is 387 g/mol. The van der Waals surface area contributed by atoms with Crippen molar-refractivity contribution in [3.63, 3.8) is 0 Å². The van der Waals surface area contributed by atoms with E-state index in [-0.39, 0.29) is 30.6 Å². The number of hydrogen-bond acceptors (Lipinski definition) is 4. The third kappa shape index (κ3) is 3.94. The van der Waals surface area contributed by atoms with Gasteiger partial charge >= 0.3 is 6.09 Å². The summed E-state index contributed by atoms with van der Waals surface area (Å²) in [7, 11) is 0. The molecule has 1 amide bonds. The fourth-order valence-corrected chi connectivity index (χ4v) is 3.63. The van der Waals surface area contributed by atoms with Crippen LogP contribution in [0.1, 0.15) is 22.6 Å². The molecule has 1 aliphatic rings. The van der Waals surface area contributed by atoms with E-state index in [2.05, 4.69) is 29.6 Å². The summed E-state index contributed by atoms with van der Waals surface area (Å²) in [6.07, 6.45) is 3.00. The number of alkyl carbamates (subject to hydrolysis) is 1. The highest BCUT2D eigenvalue weighted by Gasteiger charge is 2.28. The summed E-state index contributed by atoms with van der Waals surface area (Å²) in [6, 6.07) is 20.9. The lowest BCUT2D eigenvalue weighted by molar-refractivity contribution is 0.144. The zero-order chi connectivity index (χ0) is 20.2. The van der Waals surface area contributed by atoms with Gasteiger partial charge in [-0.3, -0.25) is 0 Å². The molecular weight excluding hydrogens is 366 g/mol. The van der Waals surface area contributed by atoms with Crippen LogP contribution in [0.2, 0.25) is 0 Å². The SMILES string of the molecule is O=C(NCC=Cc1ccc(O)c(O)c1)OCC1c2ccccc2-c2ccccc21.